The van der Waals surface area contributed by atoms with E-state index in [0.29, 0.717) is 19.8 Å². The van der Waals surface area contributed by atoms with Gasteiger partial charge in [0.2, 0.25) is 0 Å². The van der Waals surface area contributed by atoms with Crippen LogP contribution in [-0.2, 0) is 22.6 Å². The van der Waals surface area contributed by atoms with Crippen molar-refractivity contribution < 1.29 is 13.9 Å². The van der Waals surface area contributed by atoms with Crippen LogP contribution in [-0.4, -0.2) is 26.4 Å². The summed E-state index contributed by atoms with van der Waals surface area (Å²) in [4.78, 5) is 0. The molecule has 4 nitrogen and oxygen atoms in total. The Morgan fingerprint density at radius 2 is 2.06 bits per heavy atom. The second kappa shape index (κ2) is 8.33. The monoisotopic (exact) mass is 227 g/mol. The van der Waals surface area contributed by atoms with Gasteiger partial charge < -0.3 is 19.2 Å². The van der Waals surface area contributed by atoms with Crippen molar-refractivity contribution in [3.63, 3.8) is 0 Å². The van der Waals surface area contributed by atoms with E-state index in [1.165, 1.54) is 0 Å². The summed E-state index contributed by atoms with van der Waals surface area (Å²) in [7, 11) is 0. The third kappa shape index (κ3) is 4.79. The summed E-state index contributed by atoms with van der Waals surface area (Å²) < 4.78 is 16.0. The Kier molecular flexibility index (Phi) is 6.88. The molecule has 16 heavy (non-hydrogen) atoms. The highest BCUT2D eigenvalue weighted by atomic mass is 16.5. The van der Waals surface area contributed by atoms with Crippen molar-refractivity contribution in [1.82, 2.24) is 5.32 Å². The highest BCUT2D eigenvalue weighted by Gasteiger charge is 2.05. The first-order valence-corrected chi connectivity index (χ1v) is 5.79. The van der Waals surface area contributed by atoms with Crippen LogP contribution in [0.4, 0.5) is 0 Å². The molecule has 0 aromatic carbocycles. The molecule has 0 aliphatic carbocycles. The topological polar surface area (TPSA) is 43.6 Å². The van der Waals surface area contributed by atoms with Crippen molar-refractivity contribution in [3.8, 4) is 0 Å². The summed E-state index contributed by atoms with van der Waals surface area (Å²) in [5.41, 5.74) is 1.11. The molecule has 0 atom stereocenters. The fourth-order valence-corrected chi connectivity index (χ4v) is 1.33. The lowest BCUT2D eigenvalue weighted by Gasteiger charge is -2.05. The van der Waals surface area contributed by atoms with E-state index in [9.17, 15) is 0 Å². The molecule has 0 fully saturated rings. The molecule has 0 unspecified atom stereocenters. The Labute approximate surface area is 96.9 Å². The highest BCUT2D eigenvalue weighted by Crippen LogP contribution is 2.11. The first kappa shape index (κ1) is 13.2. The van der Waals surface area contributed by atoms with Crippen LogP contribution >= 0.6 is 0 Å². The molecule has 1 aromatic heterocycles. The average Bonchev–Trinajstić information content (AvgIpc) is 2.74. The van der Waals surface area contributed by atoms with Crippen LogP contribution in [0.15, 0.2) is 16.7 Å². The maximum Gasteiger partial charge on any atom is 0.123 e. The van der Waals surface area contributed by atoms with Gasteiger partial charge in [0.05, 0.1) is 32.6 Å². The van der Waals surface area contributed by atoms with Gasteiger partial charge in [-0.15, -0.1) is 0 Å². The second-order valence-electron chi connectivity index (χ2n) is 3.40. The van der Waals surface area contributed by atoms with E-state index in [1.54, 1.807) is 6.26 Å². The Morgan fingerprint density at radius 3 is 2.81 bits per heavy atom. The van der Waals surface area contributed by atoms with Crippen LogP contribution in [0.1, 0.15) is 25.2 Å². The SMILES string of the molecule is CCNCc1occc1COCCOCC. The van der Waals surface area contributed by atoms with Crippen molar-refractivity contribution in [3.05, 3.63) is 23.7 Å². The van der Waals surface area contributed by atoms with Crippen LogP contribution < -0.4 is 5.32 Å². The molecule has 1 rings (SSSR count). The molecule has 0 aliphatic heterocycles. The normalized spacial score (nSPS) is 10.9. The molecule has 1 N–H and O–H groups in total. The lowest BCUT2D eigenvalue weighted by molar-refractivity contribution is 0.0447. The van der Waals surface area contributed by atoms with Gasteiger partial charge in [0.1, 0.15) is 5.76 Å². The van der Waals surface area contributed by atoms with Crippen molar-refractivity contribution >= 4 is 0 Å². The summed E-state index contributed by atoms with van der Waals surface area (Å²) in [5, 5.41) is 3.23. The summed E-state index contributed by atoms with van der Waals surface area (Å²) >= 11 is 0. The Morgan fingerprint density at radius 1 is 1.25 bits per heavy atom. The molecule has 0 saturated carbocycles. The van der Waals surface area contributed by atoms with Crippen molar-refractivity contribution in [2.24, 2.45) is 0 Å². The third-order valence-corrected chi connectivity index (χ3v) is 2.21. The van der Waals surface area contributed by atoms with Gasteiger partial charge >= 0.3 is 0 Å². The van der Waals surface area contributed by atoms with Gasteiger partial charge in [-0.2, -0.15) is 0 Å². The van der Waals surface area contributed by atoms with E-state index in [4.69, 9.17) is 13.9 Å². The number of ether oxygens (including phenoxy) is 2. The zero-order chi connectivity index (χ0) is 11.6. The fourth-order valence-electron chi connectivity index (χ4n) is 1.33. The molecule has 1 heterocycles. The standard InChI is InChI=1S/C12H21NO3/c1-3-13-9-12-11(5-6-16-12)10-15-8-7-14-4-2/h5-6,13H,3-4,7-10H2,1-2H3. The predicted octanol–water partition coefficient (Wildman–Crippen LogP) is 1.94. The Balaban J connectivity index is 2.22. The predicted molar refractivity (Wildman–Crippen MR) is 62.2 cm³/mol. The lowest BCUT2D eigenvalue weighted by Crippen LogP contribution is -2.13. The molecule has 4 heteroatoms. The average molecular weight is 227 g/mol. The van der Waals surface area contributed by atoms with E-state index >= 15 is 0 Å². The second-order valence-corrected chi connectivity index (χ2v) is 3.40. The minimum atomic E-state index is 0.588. The minimum Gasteiger partial charge on any atom is -0.468 e. The fraction of sp³-hybridized carbons (Fsp3) is 0.667. The molecular formula is C12H21NO3. The van der Waals surface area contributed by atoms with Crippen LogP contribution in [0.5, 0.6) is 0 Å². The van der Waals surface area contributed by atoms with Crippen molar-refractivity contribution in [2.45, 2.75) is 27.0 Å². The van der Waals surface area contributed by atoms with Crippen LogP contribution in [0, 0.1) is 0 Å². The molecule has 1 aromatic rings. The first-order valence-electron chi connectivity index (χ1n) is 5.79. The summed E-state index contributed by atoms with van der Waals surface area (Å²) in [6, 6.07) is 1.95. The Bertz CT molecular complexity index is 273. The number of nitrogens with one attached hydrogen (secondary N) is 1. The summed E-state index contributed by atoms with van der Waals surface area (Å²) in [6.07, 6.45) is 1.70. The van der Waals surface area contributed by atoms with Crippen LogP contribution in [0.2, 0.25) is 0 Å². The summed E-state index contributed by atoms with van der Waals surface area (Å²) in [5.74, 6) is 0.957. The first-order chi connectivity index (χ1) is 7.88. The van der Waals surface area contributed by atoms with E-state index in [0.717, 1.165) is 31.0 Å². The molecule has 0 radical (unpaired) electrons. The zero-order valence-electron chi connectivity index (χ0n) is 10.1. The van der Waals surface area contributed by atoms with Crippen molar-refractivity contribution in [2.75, 3.05) is 26.4 Å². The van der Waals surface area contributed by atoms with Gasteiger partial charge in [-0.25, -0.2) is 0 Å². The van der Waals surface area contributed by atoms with Gasteiger partial charge in [-0.1, -0.05) is 6.92 Å². The van der Waals surface area contributed by atoms with Gasteiger partial charge in [0.25, 0.3) is 0 Å². The van der Waals surface area contributed by atoms with E-state index in [2.05, 4.69) is 12.2 Å². The van der Waals surface area contributed by atoms with Crippen LogP contribution in [0.25, 0.3) is 0 Å². The molecule has 92 valence electrons. The lowest BCUT2D eigenvalue weighted by atomic mass is 10.2. The van der Waals surface area contributed by atoms with Gasteiger partial charge in [0, 0.05) is 12.2 Å². The number of rotatable bonds is 9. The molecule has 0 amide bonds. The minimum absolute atomic E-state index is 0.588. The van der Waals surface area contributed by atoms with Gasteiger partial charge in [0.15, 0.2) is 0 Å². The maximum atomic E-state index is 5.49. The Hall–Kier alpha value is -0.840. The van der Waals surface area contributed by atoms with E-state index < -0.39 is 0 Å². The van der Waals surface area contributed by atoms with E-state index in [-0.39, 0.29) is 0 Å². The van der Waals surface area contributed by atoms with Gasteiger partial charge in [-0.05, 0) is 19.5 Å². The zero-order valence-corrected chi connectivity index (χ0v) is 10.1. The molecule has 0 aliphatic rings. The molecule has 0 spiro atoms. The maximum absolute atomic E-state index is 5.49. The largest absolute Gasteiger partial charge is 0.468 e. The number of furan rings is 1. The number of hydrogen-bond acceptors (Lipinski definition) is 4. The van der Waals surface area contributed by atoms with E-state index in [1.807, 2.05) is 13.0 Å². The number of hydrogen-bond donors (Lipinski definition) is 1. The molecule has 0 bridgehead atoms. The molecule has 0 saturated heterocycles. The van der Waals surface area contributed by atoms with Gasteiger partial charge in [-0.3, -0.25) is 0 Å². The molecular weight excluding hydrogens is 206 g/mol. The quantitative estimate of drug-likeness (QED) is 0.655. The smallest absolute Gasteiger partial charge is 0.123 e. The van der Waals surface area contributed by atoms with Crippen LogP contribution in [0.3, 0.4) is 0 Å². The summed E-state index contributed by atoms with van der Waals surface area (Å²) in [6.45, 7) is 8.34. The highest BCUT2D eigenvalue weighted by molar-refractivity contribution is 5.15. The third-order valence-electron chi connectivity index (χ3n) is 2.21. The van der Waals surface area contributed by atoms with Crippen molar-refractivity contribution in [1.29, 1.82) is 0 Å².